The summed E-state index contributed by atoms with van der Waals surface area (Å²) >= 11 is 0. The van der Waals surface area contributed by atoms with Gasteiger partial charge < -0.3 is 0 Å². The SMILES string of the molecule is CCCC(P)P(PP)P(P)PP.P. The normalized spacial score (nSPS) is 19.2. The van der Waals surface area contributed by atoms with E-state index < -0.39 is 0 Å². The molecule has 0 aromatic rings. The van der Waals surface area contributed by atoms with Crippen molar-refractivity contribution in [3.05, 3.63) is 0 Å². The summed E-state index contributed by atoms with van der Waals surface area (Å²) in [5.41, 5.74) is 0. The standard InChI is InChI=1S/C4H18P8.H3P/c1-2-3-4(5)11(9-6)12(8)10-7;/h4,9-10H,2-3,5-8H2,1H3;1H3. The van der Waals surface area contributed by atoms with Gasteiger partial charge in [0, 0.05) is 5.40 Å². The highest BCUT2D eigenvalue weighted by Crippen LogP contribution is 2.95. The van der Waals surface area contributed by atoms with Crippen LogP contribution in [0.15, 0.2) is 0 Å². The van der Waals surface area contributed by atoms with Gasteiger partial charge in [-0.15, -0.1) is 36.0 Å². The first-order valence-corrected chi connectivity index (χ1v) is 16.7. The lowest BCUT2D eigenvalue weighted by atomic mass is 10.4. The van der Waals surface area contributed by atoms with Gasteiger partial charge in [0.1, 0.15) is 0 Å². The summed E-state index contributed by atoms with van der Waals surface area (Å²) in [5, 5.41) is 0.900. The Morgan fingerprint density at radius 2 is 1.85 bits per heavy atom. The minimum absolute atomic E-state index is 0. The lowest BCUT2D eigenvalue weighted by Gasteiger charge is -2.27. The van der Waals surface area contributed by atoms with Crippen molar-refractivity contribution < 1.29 is 0 Å². The van der Waals surface area contributed by atoms with E-state index in [1.54, 1.807) is 0 Å². The summed E-state index contributed by atoms with van der Waals surface area (Å²) < 4.78 is 0. The Labute approximate surface area is 101 Å². The van der Waals surface area contributed by atoms with Crippen LogP contribution in [0.2, 0.25) is 0 Å². The molecule has 0 N–H and O–H groups in total. The Balaban J connectivity index is 0. The number of hydrogen-bond acceptors (Lipinski definition) is 0. The highest BCUT2D eigenvalue weighted by molar-refractivity contribution is 8.94. The second kappa shape index (κ2) is 12.3. The van der Waals surface area contributed by atoms with E-state index in [-0.39, 0.29) is 24.2 Å². The van der Waals surface area contributed by atoms with Crippen molar-refractivity contribution in [1.29, 1.82) is 0 Å². The predicted molar refractivity (Wildman–Crippen MR) is 99.1 cm³/mol. The van der Waals surface area contributed by atoms with Gasteiger partial charge in [0.2, 0.25) is 0 Å². The summed E-state index contributed by atoms with van der Waals surface area (Å²) in [4.78, 5) is 0. The van der Waals surface area contributed by atoms with E-state index in [0.717, 1.165) is 21.3 Å². The number of hydrogen-bond donors (Lipinski definition) is 0. The highest BCUT2D eigenvalue weighted by Gasteiger charge is 2.19. The second-order valence-corrected chi connectivity index (χ2v) is 24.6. The van der Waals surface area contributed by atoms with Gasteiger partial charge in [-0.3, -0.25) is 0 Å². The second-order valence-electron chi connectivity index (χ2n) is 2.30. The summed E-state index contributed by atoms with van der Waals surface area (Å²) in [6, 6.07) is 0. The molecule has 82 valence electrons. The molecule has 0 spiro atoms. The fourth-order valence-corrected chi connectivity index (χ4v) is 39.9. The van der Waals surface area contributed by atoms with Crippen LogP contribution in [0.25, 0.3) is 0 Å². The number of rotatable bonds is 6. The third-order valence-electron chi connectivity index (χ3n) is 1.40. The zero-order valence-electron chi connectivity index (χ0n) is 7.90. The Hall–Kier alpha value is 3.87. The molecule has 13 heavy (non-hydrogen) atoms. The summed E-state index contributed by atoms with van der Waals surface area (Å²) in [7, 11) is 14.4. The van der Waals surface area contributed by atoms with Crippen molar-refractivity contribution in [2.75, 3.05) is 0 Å². The van der Waals surface area contributed by atoms with Gasteiger partial charge in [-0.25, -0.2) is 0 Å². The van der Waals surface area contributed by atoms with Crippen LogP contribution in [-0.2, 0) is 0 Å². The van der Waals surface area contributed by atoms with E-state index in [4.69, 9.17) is 0 Å². The maximum atomic E-state index is 3.08. The molecule has 0 nitrogen and oxygen atoms in total. The molecule has 9 heteroatoms. The molecule has 0 saturated heterocycles. The fourth-order valence-electron chi connectivity index (χ4n) is 0.798. The first-order valence-electron chi connectivity index (χ1n) is 3.69. The lowest BCUT2D eigenvalue weighted by Crippen LogP contribution is -1.87. The summed E-state index contributed by atoms with van der Waals surface area (Å²) in [5.74, 6) is 0. The minimum atomic E-state index is 0. The highest BCUT2D eigenvalue weighted by atomic mass is 33.0. The first-order chi connectivity index (χ1) is 5.67. The Kier molecular flexibility index (Phi) is 18.2. The van der Waals surface area contributed by atoms with E-state index in [1.807, 2.05) is 0 Å². The van der Waals surface area contributed by atoms with E-state index >= 15 is 0 Å². The van der Waals surface area contributed by atoms with Gasteiger partial charge >= 0.3 is 0 Å². The maximum absolute atomic E-state index is 3.08. The zero-order valence-corrected chi connectivity index (χ0v) is 17.7. The van der Waals surface area contributed by atoms with Crippen LogP contribution in [0, 0.1) is 0 Å². The largest absolute Gasteiger partial charge is 0.153 e. The van der Waals surface area contributed by atoms with Gasteiger partial charge in [0.15, 0.2) is 0 Å². The molecule has 0 saturated carbocycles. The van der Waals surface area contributed by atoms with Gasteiger partial charge in [-0.1, -0.05) is 29.3 Å². The topological polar surface area (TPSA) is 0 Å². The van der Waals surface area contributed by atoms with E-state index in [9.17, 15) is 0 Å². The quantitative estimate of drug-likeness (QED) is 0.558. The summed E-state index contributed by atoms with van der Waals surface area (Å²) in [6.07, 6.45) is 2.72. The van der Waals surface area contributed by atoms with Crippen molar-refractivity contribution in [2.45, 2.75) is 25.2 Å². The Bertz CT molecular complexity index is 108. The van der Waals surface area contributed by atoms with Gasteiger partial charge in [0.25, 0.3) is 0 Å². The van der Waals surface area contributed by atoms with E-state index in [1.165, 1.54) is 12.8 Å². The van der Waals surface area contributed by atoms with Gasteiger partial charge in [-0.2, -0.15) is 9.90 Å². The molecular formula is C4H21P9. The minimum Gasteiger partial charge on any atom is -0.153 e. The molecule has 0 heterocycles. The molecule has 0 aromatic carbocycles. The van der Waals surface area contributed by atoms with Crippen molar-refractivity contribution in [1.82, 2.24) is 0 Å². The van der Waals surface area contributed by atoms with Crippen molar-refractivity contribution in [3.8, 4) is 0 Å². The van der Waals surface area contributed by atoms with Crippen LogP contribution in [0.1, 0.15) is 19.8 Å². The molecule has 0 fully saturated rings. The smallest absolute Gasteiger partial charge is 0.00213 e. The fraction of sp³-hybridized carbons (Fsp3) is 1.00. The predicted octanol–water partition coefficient (Wildman–Crippen LogP) is 5.48. The van der Waals surface area contributed by atoms with Gasteiger partial charge in [-0.05, 0) is 20.7 Å². The zero-order chi connectivity index (χ0) is 9.56. The average Bonchev–Trinajstić information content (AvgIpc) is 2.06. The monoisotopic (exact) mass is 348 g/mol. The molecule has 0 aromatic heterocycles. The molecule has 0 rings (SSSR count). The third kappa shape index (κ3) is 8.57. The average molecular weight is 348 g/mol. The van der Waals surface area contributed by atoms with Crippen LogP contribution in [0.3, 0.4) is 0 Å². The Morgan fingerprint density at radius 1 is 1.31 bits per heavy atom. The van der Waals surface area contributed by atoms with Crippen molar-refractivity contribution in [3.63, 3.8) is 0 Å². The molecule has 0 aliphatic carbocycles. The molecule has 0 aliphatic rings. The van der Waals surface area contributed by atoms with Gasteiger partial charge in [0.05, 0.1) is 0 Å². The molecule has 0 bridgehead atoms. The Morgan fingerprint density at radius 3 is 2.15 bits per heavy atom. The van der Waals surface area contributed by atoms with Crippen LogP contribution in [0.4, 0.5) is 0 Å². The molecular weight excluding hydrogens is 327 g/mol. The summed E-state index contributed by atoms with van der Waals surface area (Å²) in [6.45, 7) is 2.53. The van der Waals surface area contributed by atoms with Crippen molar-refractivity contribution in [2.24, 2.45) is 0 Å². The molecule has 0 radical (unpaired) electrons. The molecule has 10 atom stereocenters. The van der Waals surface area contributed by atoms with Crippen LogP contribution >= 0.6 is 76.1 Å². The van der Waals surface area contributed by atoms with Crippen molar-refractivity contribution >= 4 is 76.1 Å². The third-order valence-corrected chi connectivity index (χ3v) is 36.0. The molecule has 0 aliphatic heterocycles. The van der Waals surface area contributed by atoms with Crippen LogP contribution in [0.5, 0.6) is 0 Å². The van der Waals surface area contributed by atoms with Crippen LogP contribution < -0.4 is 0 Å². The molecule has 0 amide bonds. The van der Waals surface area contributed by atoms with Crippen LogP contribution in [-0.4, -0.2) is 5.40 Å². The van der Waals surface area contributed by atoms with E-state index in [2.05, 4.69) is 42.9 Å². The first kappa shape index (κ1) is 19.2. The molecule has 10 unspecified atom stereocenters. The van der Waals surface area contributed by atoms with E-state index in [0.29, 0.717) is 0 Å². The lowest BCUT2D eigenvalue weighted by molar-refractivity contribution is 0.869. The maximum Gasteiger partial charge on any atom is 0.00213 e.